The summed E-state index contributed by atoms with van der Waals surface area (Å²) in [6.45, 7) is 0. The first-order valence-electron chi connectivity index (χ1n) is 8.47. The van der Waals surface area contributed by atoms with Crippen LogP contribution in [0.4, 0.5) is 4.39 Å². The molecule has 28 heavy (non-hydrogen) atoms. The lowest BCUT2D eigenvalue weighted by atomic mass is 10.0. The molecule has 0 aliphatic carbocycles. The van der Waals surface area contributed by atoms with Crippen LogP contribution in [0.5, 0.6) is 0 Å². The Balaban J connectivity index is 1.90. The summed E-state index contributed by atoms with van der Waals surface area (Å²) in [4.78, 5) is 34.9. The van der Waals surface area contributed by atoms with Crippen LogP contribution in [0, 0.1) is 5.82 Å². The van der Waals surface area contributed by atoms with E-state index in [-0.39, 0.29) is 16.9 Å². The first kappa shape index (κ1) is 16.2. The van der Waals surface area contributed by atoms with Gasteiger partial charge in [0, 0.05) is 25.0 Å². The molecule has 7 nitrogen and oxygen atoms in total. The van der Waals surface area contributed by atoms with Crippen LogP contribution < -0.4 is 0 Å². The van der Waals surface area contributed by atoms with Crippen molar-refractivity contribution < 1.29 is 14.0 Å². The Labute approximate surface area is 158 Å². The molecule has 0 spiro atoms. The van der Waals surface area contributed by atoms with Crippen LogP contribution in [-0.2, 0) is 0 Å². The number of carbonyl (C=O) groups is 2. The molecule has 5 rings (SSSR count). The lowest BCUT2D eigenvalue weighted by molar-refractivity contribution is 0.0693. The number of fused-ring (bicyclic) bond motifs is 3. The summed E-state index contributed by atoms with van der Waals surface area (Å²) in [5.74, 6) is -0.702. The van der Waals surface area contributed by atoms with Gasteiger partial charge in [-0.15, -0.1) is 0 Å². The predicted octanol–water partition coefficient (Wildman–Crippen LogP) is 2.85. The summed E-state index contributed by atoms with van der Waals surface area (Å²) >= 11 is 0. The summed E-state index contributed by atoms with van der Waals surface area (Å²) in [5, 5.41) is 5.05. The van der Waals surface area contributed by atoms with Crippen molar-refractivity contribution in [2.45, 2.75) is 0 Å². The van der Waals surface area contributed by atoms with E-state index in [1.54, 1.807) is 30.5 Å². The number of amides is 2. The van der Waals surface area contributed by atoms with Crippen LogP contribution in [0.25, 0.3) is 28.1 Å². The fraction of sp³-hybridized carbons (Fsp3) is 0.0500. The highest BCUT2D eigenvalue weighted by molar-refractivity contribution is 6.27. The highest BCUT2D eigenvalue weighted by atomic mass is 19.1. The second-order valence-corrected chi connectivity index (χ2v) is 6.37. The van der Waals surface area contributed by atoms with Gasteiger partial charge in [0.2, 0.25) is 0 Å². The number of hydrogen-bond donors (Lipinski definition) is 0. The van der Waals surface area contributed by atoms with E-state index in [4.69, 9.17) is 0 Å². The zero-order valence-corrected chi connectivity index (χ0v) is 14.6. The molecule has 1 aliphatic rings. The number of rotatable bonds is 2. The minimum Gasteiger partial charge on any atom is -0.277 e. The number of pyridine rings is 2. The third-order valence-corrected chi connectivity index (χ3v) is 4.73. The Morgan fingerprint density at radius 3 is 2.46 bits per heavy atom. The third kappa shape index (κ3) is 2.18. The standard InChI is InChI=1S/C20H12FN5O2/c1-25-19(27)13-10-23-18-16(15(13)20(25)28)17(11-5-7-12(21)8-6-11)24-26(18)14-4-2-3-9-22-14/h2-10H,1H3. The number of carbonyl (C=O) groups excluding carboxylic acids is 2. The van der Waals surface area contributed by atoms with Gasteiger partial charge >= 0.3 is 0 Å². The summed E-state index contributed by atoms with van der Waals surface area (Å²) in [6, 6.07) is 11.1. The molecule has 0 fully saturated rings. The molecule has 136 valence electrons. The molecule has 0 bridgehead atoms. The second kappa shape index (κ2) is 5.78. The molecule has 0 saturated carbocycles. The summed E-state index contributed by atoms with van der Waals surface area (Å²) in [5.41, 5.74) is 1.91. The molecular weight excluding hydrogens is 361 g/mol. The lowest BCUT2D eigenvalue weighted by Crippen LogP contribution is -2.24. The Morgan fingerprint density at radius 2 is 1.75 bits per heavy atom. The molecule has 1 aromatic carbocycles. The van der Waals surface area contributed by atoms with E-state index in [1.807, 2.05) is 6.07 Å². The normalized spacial score (nSPS) is 13.4. The Kier molecular flexibility index (Phi) is 3.35. The van der Waals surface area contributed by atoms with E-state index < -0.39 is 11.8 Å². The molecule has 0 unspecified atom stereocenters. The van der Waals surface area contributed by atoms with E-state index >= 15 is 0 Å². The lowest BCUT2D eigenvalue weighted by Gasteiger charge is -2.03. The van der Waals surface area contributed by atoms with Gasteiger partial charge in [-0.25, -0.2) is 14.4 Å². The van der Waals surface area contributed by atoms with Crippen molar-refractivity contribution in [3.63, 3.8) is 0 Å². The number of halogens is 1. The minimum atomic E-state index is -0.420. The van der Waals surface area contributed by atoms with E-state index in [0.717, 1.165) is 4.90 Å². The van der Waals surface area contributed by atoms with Gasteiger partial charge in [0.15, 0.2) is 11.5 Å². The fourth-order valence-electron chi connectivity index (χ4n) is 3.36. The Hall–Kier alpha value is -3.94. The number of benzene rings is 1. The zero-order chi connectivity index (χ0) is 19.4. The van der Waals surface area contributed by atoms with Crippen LogP contribution in [0.3, 0.4) is 0 Å². The molecule has 4 aromatic rings. The van der Waals surface area contributed by atoms with E-state index in [9.17, 15) is 14.0 Å². The highest BCUT2D eigenvalue weighted by Gasteiger charge is 2.37. The first-order chi connectivity index (χ1) is 13.6. The number of imide groups is 1. The van der Waals surface area contributed by atoms with E-state index in [1.165, 1.54) is 30.1 Å². The van der Waals surface area contributed by atoms with Gasteiger partial charge in [-0.2, -0.15) is 9.78 Å². The maximum Gasteiger partial charge on any atom is 0.262 e. The quantitative estimate of drug-likeness (QED) is 0.505. The number of hydrogen-bond acceptors (Lipinski definition) is 5. The van der Waals surface area contributed by atoms with Crippen LogP contribution >= 0.6 is 0 Å². The molecule has 8 heteroatoms. The summed E-state index contributed by atoms with van der Waals surface area (Å²) in [7, 11) is 1.43. The average Bonchev–Trinajstić information content (AvgIpc) is 3.21. The molecule has 4 heterocycles. The molecule has 0 atom stereocenters. The average molecular weight is 373 g/mol. The van der Waals surface area contributed by atoms with Gasteiger partial charge in [0.25, 0.3) is 11.8 Å². The van der Waals surface area contributed by atoms with E-state index in [0.29, 0.717) is 28.1 Å². The van der Waals surface area contributed by atoms with Crippen molar-refractivity contribution in [3.05, 3.63) is 71.8 Å². The minimum absolute atomic E-state index is 0.226. The summed E-state index contributed by atoms with van der Waals surface area (Å²) < 4.78 is 14.9. The summed E-state index contributed by atoms with van der Waals surface area (Å²) in [6.07, 6.45) is 3.01. The maximum absolute atomic E-state index is 13.4. The van der Waals surface area contributed by atoms with Gasteiger partial charge in [0.1, 0.15) is 11.5 Å². The number of aromatic nitrogens is 4. The van der Waals surface area contributed by atoms with Crippen molar-refractivity contribution in [1.29, 1.82) is 0 Å². The van der Waals surface area contributed by atoms with Crippen molar-refractivity contribution in [1.82, 2.24) is 24.6 Å². The fourth-order valence-corrected chi connectivity index (χ4v) is 3.36. The zero-order valence-electron chi connectivity index (χ0n) is 14.6. The topological polar surface area (TPSA) is 81.0 Å². The van der Waals surface area contributed by atoms with Gasteiger partial charge in [-0.3, -0.25) is 14.5 Å². The van der Waals surface area contributed by atoms with Gasteiger partial charge in [0.05, 0.1) is 16.5 Å². The molecule has 0 saturated heterocycles. The second-order valence-electron chi connectivity index (χ2n) is 6.37. The van der Waals surface area contributed by atoms with Gasteiger partial charge < -0.3 is 0 Å². The van der Waals surface area contributed by atoms with Crippen LogP contribution in [-0.4, -0.2) is 43.5 Å². The maximum atomic E-state index is 13.4. The van der Waals surface area contributed by atoms with Crippen molar-refractivity contribution in [2.24, 2.45) is 0 Å². The van der Waals surface area contributed by atoms with Gasteiger partial charge in [-0.05, 0) is 36.4 Å². The van der Waals surface area contributed by atoms with Crippen molar-refractivity contribution in [3.8, 4) is 17.1 Å². The molecular formula is C20H12FN5O2. The molecule has 0 radical (unpaired) electrons. The van der Waals surface area contributed by atoms with E-state index in [2.05, 4.69) is 15.1 Å². The van der Waals surface area contributed by atoms with Gasteiger partial charge in [-0.1, -0.05) is 6.07 Å². The smallest absolute Gasteiger partial charge is 0.262 e. The number of nitrogens with zero attached hydrogens (tertiary/aromatic N) is 5. The van der Waals surface area contributed by atoms with Crippen molar-refractivity contribution >= 4 is 22.8 Å². The molecule has 2 amide bonds. The predicted molar refractivity (Wildman–Crippen MR) is 98.5 cm³/mol. The first-order valence-corrected chi connectivity index (χ1v) is 8.47. The van der Waals surface area contributed by atoms with Crippen molar-refractivity contribution in [2.75, 3.05) is 7.05 Å². The van der Waals surface area contributed by atoms with Crippen LogP contribution in [0.2, 0.25) is 0 Å². The SMILES string of the molecule is CN1C(=O)c2cnc3c(c(-c4ccc(F)cc4)nn3-c3ccccn3)c2C1=O. The molecule has 3 aromatic heterocycles. The monoisotopic (exact) mass is 373 g/mol. The molecule has 0 N–H and O–H groups in total. The largest absolute Gasteiger partial charge is 0.277 e. The Bertz CT molecular complexity index is 1270. The highest BCUT2D eigenvalue weighted by Crippen LogP contribution is 2.35. The van der Waals surface area contributed by atoms with Crippen LogP contribution in [0.15, 0.2) is 54.9 Å². The third-order valence-electron chi connectivity index (χ3n) is 4.73. The Morgan fingerprint density at radius 1 is 0.964 bits per heavy atom. The molecule has 1 aliphatic heterocycles. The van der Waals surface area contributed by atoms with Crippen LogP contribution in [0.1, 0.15) is 20.7 Å².